The highest BCUT2D eigenvalue weighted by molar-refractivity contribution is 5.23. The van der Waals surface area contributed by atoms with Crippen LogP contribution < -0.4 is 20.5 Å². The molecule has 164 valence electrons. The Morgan fingerprint density at radius 2 is 1.58 bits per heavy atom. The molecular weight excluding hydrogens is 395 g/mol. The van der Waals surface area contributed by atoms with Crippen LogP contribution in [-0.2, 0) is 19.6 Å². The third kappa shape index (κ3) is 7.57. The summed E-state index contributed by atoms with van der Waals surface area (Å²) in [7, 11) is 0. The number of hydrogen-bond donors (Lipinski definition) is 1. The number of aromatic nitrogens is 1. The molecular formula is C25H29FN2O3. The summed E-state index contributed by atoms with van der Waals surface area (Å²) in [5, 5.41) is 3.44. The second-order valence-electron chi connectivity index (χ2n) is 7.88. The maximum atomic E-state index is 12.9. The molecule has 0 bridgehead atoms. The predicted octanol–water partition coefficient (Wildman–Crippen LogP) is 3.98. The van der Waals surface area contributed by atoms with Crippen LogP contribution in [0.5, 0.6) is 5.75 Å². The molecule has 0 spiro atoms. The molecule has 5 nitrogen and oxygen atoms in total. The molecule has 6 heteroatoms. The Balaban J connectivity index is 1.46. The fourth-order valence-corrected chi connectivity index (χ4v) is 2.96. The lowest BCUT2D eigenvalue weighted by molar-refractivity contribution is 0.0884. The van der Waals surface area contributed by atoms with E-state index in [0.29, 0.717) is 18.3 Å². The zero-order chi connectivity index (χ0) is 22.1. The van der Waals surface area contributed by atoms with E-state index in [9.17, 15) is 9.18 Å². The van der Waals surface area contributed by atoms with Gasteiger partial charge in [-0.2, -0.15) is 4.73 Å². The number of nitrogens with zero attached hydrogens (tertiary/aromatic N) is 1. The van der Waals surface area contributed by atoms with E-state index in [1.807, 2.05) is 12.1 Å². The minimum absolute atomic E-state index is 0.254. The van der Waals surface area contributed by atoms with E-state index >= 15 is 0 Å². The van der Waals surface area contributed by atoms with Gasteiger partial charge in [0, 0.05) is 12.1 Å². The van der Waals surface area contributed by atoms with Crippen molar-refractivity contribution in [2.45, 2.75) is 33.5 Å². The highest BCUT2D eigenvalue weighted by atomic mass is 19.1. The summed E-state index contributed by atoms with van der Waals surface area (Å²) < 4.78 is 19.7. The van der Waals surface area contributed by atoms with Gasteiger partial charge in [-0.25, -0.2) is 4.39 Å². The largest absolute Gasteiger partial charge is 0.489 e. The Morgan fingerprint density at radius 3 is 2.26 bits per heavy atom. The van der Waals surface area contributed by atoms with Gasteiger partial charge < -0.3 is 14.9 Å². The highest BCUT2D eigenvalue weighted by Crippen LogP contribution is 2.11. The standard InChI is InChI=1S/C25H29FN2O3/c1-19(2)16-27-13-11-20-3-5-22(6-4-20)18-31-28-14-12-24(15-25(28)29)30-17-21-7-9-23(26)10-8-21/h3-10,12,14-15,19,27H,11,13,16-18H2,1-2H3. The van der Waals surface area contributed by atoms with Crippen LogP contribution in [0.25, 0.3) is 0 Å². The molecule has 0 aliphatic carbocycles. The van der Waals surface area contributed by atoms with Crippen LogP contribution in [0.4, 0.5) is 4.39 Å². The summed E-state index contributed by atoms with van der Waals surface area (Å²) >= 11 is 0. The monoisotopic (exact) mass is 424 g/mol. The Kier molecular flexibility index (Phi) is 8.24. The number of halogens is 1. The molecule has 3 aromatic rings. The maximum absolute atomic E-state index is 12.9. The number of rotatable bonds is 11. The number of benzene rings is 2. The van der Waals surface area contributed by atoms with Gasteiger partial charge in [0.05, 0.1) is 6.20 Å². The molecule has 3 rings (SSSR count). The molecule has 1 heterocycles. The quantitative estimate of drug-likeness (QED) is 0.473. The fourth-order valence-electron chi connectivity index (χ4n) is 2.96. The zero-order valence-corrected chi connectivity index (χ0v) is 18.0. The number of ether oxygens (including phenoxy) is 1. The molecule has 0 fully saturated rings. The molecule has 0 atom stereocenters. The Bertz CT molecular complexity index is 999. The van der Waals surface area contributed by atoms with Crippen molar-refractivity contribution in [1.82, 2.24) is 10.0 Å². The zero-order valence-electron chi connectivity index (χ0n) is 18.0. The molecule has 0 saturated carbocycles. The minimum Gasteiger partial charge on any atom is -0.489 e. The first-order valence-corrected chi connectivity index (χ1v) is 10.5. The van der Waals surface area contributed by atoms with E-state index in [4.69, 9.17) is 9.57 Å². The number of nitrogens with one attached hydrogen (secondary N) is 1. The van der Waals surface area contributed by atoms with Crippen LogP contribution in [0, 0.1) is 11.7 Å². The summed E-state index contributed by atoms with van der Waals surface area (Å²) in [5.74, 6) is 0.791. The van der Waals surface area contributed by atoms with Crippen molar-refractivity contribution in [3.05, 3.63) is 99.7 Å². The third-order valence-electron chi connectivity index (χ3n) is 4.71. The summed E-state index contributed by atoms with van der Waals surface area (Å²) in [5.41, 5.74) is 2.76. The van der Waals surface area contributed by atoms with Gasteiger partial charge in [0.1, 0.15) is 24.8 Å². The van der Waals surface area contributed by atoms with E-state index < -0.39 is 0 Å². The van der Waals surface area contributed by atoms with Gasteiger partial charge in [-0.05, 0) is 54.3 Å². The smallest absolute Gasteiger partial charge is 0.286 e. The van der Waals surface area contributed by atoms with E-state index in [0.717, 1.165) is 30.6 Å². The summed E-state index contributed by atoms with van der Waals surface area (Å²) in [6.07, 6.45) is 2.52. The number of hydrogen-bond acceptors (Lipinski definition) is 4. The molecule has 0 aliphatic heterocycles. The molecule has 1 N–H and O–H groups in total. The average Bonchev–Trinajstić information content (AvgIpc) is 2.76. The van der Waals surface area contributed by atoms with Gasteiger partial charge in [0.25, 0.3) is 5.56 Å². The van der Waals surface area contributed by atoms with Crippen LogP contribution in [0.2, 0.25) is 0 Å². The topological polar surface area (TPSA) is 52.5 Å². The first-order valence-electron chi connectivity index (χ1n) is 10.5. The van der Waals surface area contributed by atoms with Crippen molar-refractivity contribution >= 4 is 0 Å². The van der Waals surface area contributed by atoms with Crippen molar-refractivity contribution in [1.29, 1.82) is 0 Å². The maximum Gasteiger partial charge on any atom is 0.286 e. The highest BCUT2D eigenvalue weighted by Gasteiger charge is 2.03. The lowest BCUT2D eigenvalue weighted by atomic mass is 10.1. The second-order valence-corrected chi connectivity index (χ2v) is 7.88. The Hall–Kier alpha value is -3.12. The van der Waals surface area contributed by atoms with Crippen molar-refractivity contribution in [3.63, 3.8) is 0 Å². The van der Waals surface area contributed by atoms with Crippen molar-refractivity contribution in [2.24, 2.45) is 5.92 Å². The lowest BCUT2D eigenvalue weighted by Crippen LogP contribution is -2.25. The Morgan fingerprint density at radius 1 is 0.935 bits per heavy atom. The van der Waals surface area contributed by atoms with Gasteiger partial charge in [-0.15, -0.1) is 0 Å². The first-order chi connectivity index (χ1) is 15.0. The van der Waals surface area contributed by atoms with Gasteiger partial charge in [-0.3, -0.25) is 4.79 Å². The van der Waals surface area contributed by atoms with E-state index in [2.05, 4.69) is 31.3 Å². The van der Waals surface area contributed by atoms with Crippen molar-refractivity contribution in [3.8, 4) is 5.75 Å². The summed E-state index contributed by atoms with van der Waals surface area (Å²) in [6, 6.07) is 17.3. The third-order valence-corrected chi connectivity index (χ3v) is 4.71. The fraction of sp³-hybridized carbons (Fsp3) is 0.320. The van der Waals surface area contributed by atoms with Crippen LogP contribution in [0.3, 0.4) is 0 Å². The van der Waals surface area contributed by atoms with Crippen LogP contribution in [0.1, 0.15) is 30.5 Å². The van der Waals surface area contributed by atoms with Crippen molar-refractivity contribution in [2.75, 3.05) is 13.1 Å². The molecule has 0 amide bonds. The normalized spacial score (nSPS) is 11.0. The SMILES string of the molecule is CC(C)CNCCc1ccc(COn2ccc(OCc3ccc(F)cc3)cc2=O)cc1. The van der Waals surface area contributed by atoms with Gasteiger partial charge in [-0.1, -0.05) is 50.2 Å². The van der Waals surface area contributed by atoms with Crippen LogP contribution in [0.15, 0.2) is 71.7 Å². The number of pyridine rings is 1. The summed E-state index contributed by atoms with van der Waals surface area (Å²) in [4.78, 5) is 17.9. The van der Waals surface area contributed by atoms with Gasteiger partial charge >= 0.3 is 0 Å². The molecule has 0 radical (unpaired) electrons. The van der Waals surface area contributed by atoms with Crippen LogP contribution >= 0.6 is 0 Å². The van der Waals surface area contributed by atoms with Crippen LogP contribution in [-0.4, -0.2) is 17.8 Å². The van der Waals surface area contributed by atoms with Gasteiger partial charge in [0.2, 0.25) is 0 Å². The second kappa shape index (κ2) is 11.3. The minimum atomic E-state index is -0.315. The lowest BCUT2D eigenvalue weighted by Gasteiger charge is -2.11. The Labute approximate surface area is 182 Å². The molecule has 0 aliphatic rings. The molecule has 1 aromatic heterocycles. The predicted molar refractivity (Wildman–Crippen MR) is 120 cm³/mol. The van der Waals surface area contributed by atoms with E-state index in [1.165, 1.54) is 34.7 Å². The van der Waals surface area contributed by atoms with E-state index in [-0.39, 0.29) is 18.0 Å². The molecule has 0 unspecified atom stereocenters. The molecule has 2 aromatic carbocycles. The van der Waals surface area contributed by atoms with Crippen molar-refractivity contribution < 1.29 is 14.0 Å². The van der Waals surface area contributed by atoms with E-state index in [1.54, 1.807) is 18.2 Å². The average molecular weight is 425 g/mol. The molecule has 31 heavy (non-hydrogen) atoms. The van der Waals surface area contributed by atoms with Gasteiger partial charge in [0.15, 0.2) is 0 Å². The first kappa shape index (κ1) is 22.6. The molecule has 0 saturated heterocycles. The summed E-state index contributed by atoms with van der Waals surface area (Å²) in [6.45, 7) is 6.92.